The van der Waals surface area contributed by atoms with Gasteiger partial charge in [-0.3, -0.25) is 4.79 Å². The van der Waals surface area contributed by atoms with Crippen molar-refractivity contribution in [1.82, 2.24) is 19.6 Å². The van der Waals surface area contributed by atoms with Gasteiger partial charge in [-0.25, -0.2) is 9.78 Å². The summed E-state index contributed by atoms with van der Waals surface area (Å²) in [4.78, 5) is 32.2. The van der Waals surface area contributed by atoms with Gasteiger partial charge in [-0.1, -0.05) is 30.3 Å². The van der Waals surface area contributed by atoms with Crippen molar-refractivity contribution < 1.29 is 14.3 Å². The molecule has 1 aliphatic heterocycles. The highest BCUT2D eigenvalue weighted by molar-refractivity contribution is 7.09. The lowest BCUT2D eigenvalue weighted by atomic mass is 10.1. The van der Waals surface area contributed by atoms with Crippen LogP contribution >= 0.6 is 11.5 Å². The van der Waals surface area contributed by atoms with Gasteiger partial charge in [0.1, 0.15) is 12.4 Å². The molecular weight excluding hydrogens is 378 g/mol. The SMILES string of the molecule is CCOC(=O)CNC(=O)N1CCCN(c2nc(Cc3ccccc3)ns2)CC1. The summed E-state index contributed by atoms with van der Waals surface area (Å²) in [6.07, 6.45) is 1.55. The first kappa shape index (κ1) is 20.1. The zero-order valence-corrected chi connectivity index (χ0v) is 16.8. The first-order valence-corrected chi connectivity index (χ1v) is 10.2. The van der Waals surface area contributed by atoms with Gasteiger partial charge in [-0.15, -0.1) is 0 Å². The molecule has 8 nitrogen and oxygen atoms in total. The van der Waals surface area contributed by atoms with Crippen molar-refractivity contribution in [2.45, 2.75) is 19.8 Å². The first-order valence-electron chi connectivity index (χ1n) is 9.45. The fraction of sp³-hybridized carbons (Fsp3) is 0.474. The van der Waals surface area contributed by atoms with Crippen LogP contribution < -0.4 is 10.2 Å². The third kappa shape index (κ3) is 5.66. The van der Waals surface area contributed by atoms with Gasteiger partial charge in [0, 0.05) is 44.1 Å². The Labute approximate surface area is 168 Å². The highest BCUT2D eigenvalue weighted by atomic mass is 32.1. The van der Waals surface area contributed by atoms with E-state index in [0.29, 0.717) is 32.7 Å². The predicted molar refractivity (Wildman–Crippen MR) is 108 cm³/mol. The molecule has 3 rings (SSSR count). The number of ether oxygens (including phenoxy) is 1. The van der Waals surface area contributed by atoms with Crippen molar-refractivity contribution in [3.63, 3.8) is 0 Å². The van der Waals surface area contributed by atoms with Crippen molar-refractivity contribution in [3.05, 3.63) is 41.7 Å². The molecule has 2 amide bonds. The summed E-state index contributed by atoms with van der Waals surface area (Å²) in [6.45, 7) is 4.66. The van der Waals surface area contributed by atoms with E-state index in [1.54, 1.807) is 11.8 Å². The standard InChI is InChI=1S/C19H25N5O3S/c1-2-27-17(25)14-20-18(26)23-9-6-10-24(12-11-23)19-21-16(22-28-19)13-15-7-4-3-5-8-15/h3-5,7-8H,2,6,9-14H2,1H3,(H,20,26). The number of hydrogen-bond donors (Lipinski definition) is 1. The summed E-state index contributed by atoms with van der Waals surface area (Å²) in [5.41, 5.74) is 1.19. The number of carbonyl (C=O) groups is 2. The Hall–Kier alpha value is -2.68. The van der Waals surface area contributed by atoms with Crippen molar-refractivity contribution >= 4 is 28.7 Å². The largest absolute Gasteiger partial charge is 0.465 e. The second-order valence-corrected chi connectivity index (χ2v) is 7.18. The molecule has 1 saturated heterocycles. The number of urea groups is 1. The molecule has 1 aromatic carbocycles. The van der Waals surface area contributed by atoms with Crippen LogP contribution in [-0.4, -0.2) is 65.6 Å². The number of rotatable bonds is 6. The van der Waals surface area contributed by atoms with Crippen LogP contribution in [0.1, 0.15) is 24.7 Å². The summed E-state index contributed by atoms with van der Waals surface area (Å²) in [5, 5.41) is 3.51. The molecule has 0 aliphatic carbocycles. The zero-order chi connectivity index (χ0) is 19.8. The molecule has 2 aromatic rings. The summed E-state index contributed by atoms with van der Waals surface area (Å²) >= 11 is 1.40. The van der Waals surface area contributed by atoms with E-state index in [-0.39, 0.29) is 12.6 Å². The van der Waals surface area contributed by atoms with Gasteiger partial charge >= 0.3 is 12.0 Å². The van der Waals surface area contributed by atoms with Crippen molar-refractivity contribution in [3.8, 4) is 0 Å². The molecule has 0 bridgehead atoms. The number of nitrogens with one attached hydrogen (secondary N) is 1. The van der Waals surface area contributed by atoms with E-state index in [2.05, 4.69) is 31.7 Å². The lowest BCUT2D eigenvalue weighted by molar-refractivity contribution is -0.141. The van der Waals surface area contributed by atoms with Gasteiger partial charge in [0.25, 0.3) is 0 Å². The Morgan fingerprint density at radius 1 is 1.18 bits per heavy atom. The molecule has 1 N–H and O–H groups in total. The molecule has 0 saturated carbocycles. The lowest BCUT2D eigenvalue weighted by Gasteiger charge is -2.21. The van der Waals surface area contributed by atoms with Gasteiger partial charge in [0.05, 0.1) is 6.61 Å². The zero-order valence-electron chi connectivity index (χ0n) is 16.0. The Morgan fingerprint density at radius 2 is 2.00 bits per heavy atom. The van der Waals surface area contributed by atoms with E-state index in [1.807, 2.05) is 18.2 Å². The molecule has 2 heterocycles. The minimum atomic E-state index is -0.424. The molecule has 0 radical (unpaired) electrons. The van der Waals surface area contributed by atoms with Crippen molar-refractivity contribution in [2.75, 3.05) is 44.2 Å². The van der Waals surface area contributed by atoms with E-state index >= 15 is 0 Å². The van der Waals surface area contributed by atoms with Gasteiger partial charge < -0.3 is 19.9 Å². The van der Waals surface area contributed by atoms with E-state index in [4.69, 9.17) is 4.74 Å². The van der Waals surface area contributed by atoms with E-state index in [9.17, 15) is 9.59 Å². The molecule has 0 spiro atoms. The summed E-state index contributed by atoms with van der Waals surface area (Å²) in [5.74, 6) is 0.395. The first-order chi connectivity index (χ1) is 13.7. The molecule has 1 aliphatic rings. The van der Waals surface area contributed by atoms with Crippen LogP contribution in [-0.2, 0) is 16.0 Å². The lowest BCUT2D eigenvalue weighted by Crippen LogP contribution is -2.44. The van der Waals surface area contributed by atoms with Crippen LogP contribution in [0, 0.1) is 0 Å². The Kier molecular flexibility index (Phi) is 7.18. The number of anilines is 1. The maximum atomic E-state index is 12.3. The quantitative estimate of drug-likeness (QED) is 0.742. The molecular formula is C19H25N5O3S. The Bertz CT molecular complexity index is 783. The Morgan fingerprint density at radius 3 is 2.79 bits per heavy atom. The normalized spacial score (nSPS) is 14.5. The molecule has 150 valence electrons. The average Bonchev–Trinajstić information content (AvgIpc) is 3.02. The molecule has 1 aromatic heterocycles. The number of esters is 1. The number of aromatic nitrogens is 2. The number of amides is 2. The predicted octanol–water partition coefficient (Wildman–Crippen LogP) is 1.91. The Balaban J connectivity index is 1.51. The minimum Gasteiger partial charge on any atom is -0.465 e. The van der Waals surface area contributed by atoms with Crippen LogP contribution in [0.4, 0.5) is 9.93 Å². The van der Waals surface area contributed by atoms with Crippen molar-refractivity contribution in [1.29, 1.82) is 0 Å². The topological polar surface area (TPSA) is 87.7 Å². The van der Waals surface area contributed by atoms with Gasteiger partial charge in [0.15, 0.2) is 0 Å². The molecule has 9 heteroatoms. The van der Waals surface area contributed by atoms with Crippen LogP contribution in [0.5, 0.6) is 0 Å². The van der Waals surface area contributed by atoms with E-state index in [0.717, 1.165) is 23.9 Å². The molecule has 28 heavy (non-hydrogen) atoms. The smallest absolute Gasteiger partial charge is 0.325 e. The monoisotopic (exact) mass is 403 g/mol. The maximum Gasteiger partial charge on any atom is 0.325 e. The summed E-state index contributed by atoms with van der Waals surface area (Å²) < 4.78 is 9.31. The van der Waals surface area contributed by atoms with Crippen molar-refractivity contribution in [2.24, 2.45) is 0 Å². The second kappa shape index (κ2) is 10.0. The third-order valence-electron chi connectivity index (χ3n) is 4.41. The van der Waals surface area contributed by atoms with Crippen LogP contribution in [0.2, 0.25) is 0 Å². The summed E-state index contributed by atoms with van der Waals surface area (Å²) in [6, 6.07) is 9.92. The van der Waals surface area contributed by atoms with Gasteiger partial charge in [-0.2, -0.15) is 4.37 Å². The molecule has 0 unspecified atom stereocenters. The van der Waals surface area contributed by atoms with Crippen LogP contribution in [0.3, 0.4) is 0 Å². The number of hydrogen-bond acceptors (Lipinski definition) is 7. The third-order valence-corrected chi connectivity index (χ3v) is 5.22. The molecule has 1 fully saturated rings. The van der Waals surface area contributed by atoms with Crippen LogP contribution in [0.25, 0.3) is 0 Å². The average molecular weight is 404 g/mol. The number of nitrogens with zero attached hydrogens (tertiary/aromatic N) is 4. The van der Waals surface area contributed by atoms with E-state index < -0.39 is 5.97 Å². The van der Waals surface area contributed by atoms with Gasteiger partial charge in [-0.05, 0) is 18.9 Å². The van der Waals surface area contributed by atoms with Gasteiger partial charge in [0.2, 0.25) is 5.13 Å². The second-order valence-electron chi connectivity index (χ2n) is 6.45. The number of benzene rings is 1. The highest BCUT2D eigenvalue weighted by Gasteiger charge is 2.21. The fourth-order valence-electron chi connectivity index (χ4n) is 3.01. The maximum absolute atomic E-state index is 12.3. The number of carbonyl (C=O) groups excluding carboxylic acids is 2. The fourth-order valence-corrected chi connectivity index (χ4v) is 3.74. The highest BCUT2D eigenvalue weighted by Crippen LogP contribution is 2.20. The summed E-state index contributed by atoms with van der Waals surface area (Å²) in [7, 11) is 0. The minimum absolute atomic E-state index is 0.105. The van der Waals surface area contributed by atoms with E-state index in [1.165, 1.54) is 17.1 Å². The molecule has 0 atom stereocenters. The van der Waals surface area contributed by atoms with Crippen LogP contribution in [0.15, 0.2) is 30.3 Å².